The molecule has 2 rings (SSSR count). The van der Waals surface area contributed by atoms with Crippen LogP contribution >= 0.6 is 12.6 Å². The molecule has 0 aromatic heterocycles. The molecular formula is C13H13FN2OS. The number of thiol groups is 1. The zero-order chi connectivity index (χ0) is 13.2. The Hall–Kier alpha value is -1.54. The van der Waals surface area contributed by atoms with E-state index < -0.39 is 5.82 Å². The monoisotopic (exact) mass is 264 g/mol. The summed E-state index contributed by atoms with van der Waals surface area (Å²) in [6.07, 6.45) is 2.37. The highest BCUT2D eigenvalue weighted by Gasteiger charge is 2.42. The van der Waals surface area contributed by atoms with Gasteiger partial charge >= 0.3 is 0 Å². The Bertz CT molecular complexity index is 520. The summed E-state index contributed by atoms with van der Waals surface area (Å²) in [5, 5.41) is 11.1. The van der Waals surface area contributed by atoms with Crippen LogP contribution in [0.25, 0.3) is 0 Å². The van der Waals surface area contributed by atoms with Crippen LogP contribution in [0.1, 0.15) is 24.8 Å². The lowest BCUT2D eigenvalue weighted by Gasteiger charge is -2.12. The SMILES string of the molecule is N#Cc1ccc(NC(=O)CC2(CS)CC2)c(F)c1. The molecule has 5 heteroatoms. The van der Waals surface area contributed by atoms with E-state index in [1.807, 2.05) is 6.07 Å². The fourth-order valence-corrected chi connectivity index (χ4v) is 2.22. The second-order valence-corrected chi connectivity index (χ2v) is 5.01. The van der Waals surface area contributed by atoms with Gasteiger partial charge in [-0.2, -0.15) is 17.9 Å². The third-order valence-electron chi connectivity index (χ3n) is 3.20. The molecule has 0 spiro atoms. The first-order chi connectivity index (χ1) is 8.58. The lowest BCUT2D eigenvalue weighted by atomic mass is 10.1. The van der Waals surface area contributed by atoms with E-state index >= 15 is 0 Å². The maximum absolute atomic E-state index is 13.5. The van der Waals surface area contributed by atoms with Crippen LogP contribution in [0, 0.1) is 22.6 Å². The van der Waals surface area contributed by atoms with Gasteiger partial charge in [-0.1, -0.05) is 0 Å². The minimum Gasteiger partial charge on any atom is -0.324 e. The molecule has 3 nitrogen and oxygen atoms in total. The van der Waals surface area contributed by atoms with Crippen molar-refractivity contribution in [2.75, 3.05) is 11.1 Å². The van der Waals surface area contributed by atoms with Crippen LogP contribution in [-0.2, 0) is 4.79 Å². The molecule has 0 aliphatic heterocycles. The van der Waals surface area contributed by atoms with Crippen LogP contribution in [0.15, 0.2) is 18.2 Å². The minimum absolute atomic E-state index is 0.0102. The lowest BCUT2D eigenvalue weighted by molar-refractivity contribution is -0.117. The molecule has 0 atom stereocenters. The Kier molecular flexibility index (Phi) is 3.58. The van der Waals surface area contributed by atoms with Gasteiger partial charge in [0, 0.05) is 6.42 Å². The first-order valence-corrected chi connectivity index (χ1v) is 6.32. The number of hydrogen-bond donors (Lipinski definition) is 2. The summed E-state index contributed by atoms with van der Waals surface area (Å²) in [7, 11) is 0. The van der Waals surface area contributed by atoms with Crippen LogP contribution < -0.4 is 5.32 Å². The largest absolute Gasteiger partial charge is 0.324 e. The number of carbonyl (C=O) groups is 1. The number of benzene rings is 1. The van der Waals surface area contributed by atoms with E-state index in [9.17, 15) is 9.18 Å². The molecule has 0 radical (unpaired) electrons. The normalized spacial score (nSPS) is 15.8. The standard InChI is InChI=1S/C13H13FN2OS/c14-10-5-9(7-15)1-2-11(10)16-12(17)6-13(8-18)3-4-13/h1-2,5,18H,3-4,6,8H2,(H,16,17). The molecule has 0 unspecified atom stereocenters. The first kappa shape index (κ1) is 12.9. The first-order valence-electron chi connectivity index (χ1n) is 5.69. The summed E-state index contributed by atoms with van der Waals surface area (Å²) in [5.74, 6) is -0.112. The number of anilines is 1. The van der Waals surface area contributed by atoms with Gasteiger partial charge in [0.25, 0.3) is 0 Å². The summed E-state index contributed by atoms with van der Waals surface area (Å²) in [6, 6.07) is 5.84. The molecule has 1 N–H and O–H groups in total. The number of nitrogens with one attached hydrogen (secondary N) is 1. The van der Waals surface area contributed by atoms with Crippen molar-refractivity contribution in [2.24, 2.45) is 5.41 Å². The van der Waals surface area contributed by atoms with Gasteiger partial charge < -0.3 is 5.32 Å². The molecule has 1 aliphatic rings. The van der Waals surface area contributed by atoms with E-state index in [2.05, 4.69) is 17.9 Å². The molecule has 94 valence electrons. The van der Waals surface area contributed by atoms with Crippen molar-refractivity contribution in [2.45, 2.75) is 19.3 Å². The second-order valence-electron chi connectivity index (χ2n) is 4.69. The Morgan fingerprint density at radius 2 is 2.28 bits per heavy atom. The predicted molar refractivity (Wildman–Crippen MR) is 69.9 cm³/mol. The number of amides is 1. The highest BCUT2D eigenvalue weighted by molar-refractivity contribution is 7.80. The van der Waals surface area contributed by atoms with Crippen molar-refractivity contribution >= 4 is 24.2 Å². The Balaban J connectivity index is 2.01. The minimum atomic E-state index is -0.585. The van der Waals surface area contributed by atoms with Gasteiger partial charge in [0.15, 0.2) is 0 Å². The zero-order valence-corrected chi connectivity index (χ0v) is 10.6. The predicted octanol–water partition coefficient (Wildman–Crippen LogP) is 2.74. The number of hydrogen-bond acceptors (Lipinski definition) is 3. The fourth-order valence-electron chi connectivity index (χ4n) is 1.79. The third kappa shape index (κ3) is 2.82. The molecule has 0 saturated heterocycles. The number of nitrogens with zero attached hydrogens (tertiary/aromatic N) is 1. The number of carbonyl (C=O) groups excluding carboxylic acids is 1. The van der Waals surface area contributed by atoms with E-state index in [0.29, 0.717) is 12.2 Å². The van der Waals surface area contributed by atoms with E-state index in [1.165, 1.54) is 12.1 Å². The number of nitriles is 1. The second kappa shape index (κ2) is 4.99. The quantitative estimate of drug-likeness (QED) is 0.822. The van der Waals surface area contributed by atoms with Gasteiger partial charge in [0.05, 0.1) is 17.3 Å². The van der Waals surface area contributed by atoms with Gasteiger partial charge in [-0.15, -0.1) is 0 Å². The highest BCUT2D eigenvalue weighted by atomic mass is 32.1. The van der Waals surface area contributed by atoms with Crippen LogP contribution in [0.2, 0.25) is 0 Å². The summed E-state index contributed by atoms with van der Waals surface area (Å²) < 4.78 is 13.5. The summed E-state index contributed by atoms with van der Waals surface area (Å²) >= 11 is 4.22. The van der Waals surface area contributed by atoms with Gasteiger partial charge in [0.2, 0.25) is 5.91 Å². The lowest BCUT2D eigenvalue weighted by Crippen LogP contribution is -2.18. The van der Waals surface area contributed by atoms with Crippen LogP contribution in [0.3, 0.4) is 0 Å². The van der Waals surface area contributed by atoms with Gasteiger partial charge in [-0.25, -0.2) is 4.39 Å². The van der Waals surface area contributed by atoms with Crippen LogP contribution in [0.5, 0.6) is 0 Å². The number of halogens is 1. The highest BCUT2D eigenvalue weighted by Crippen LogP contribution is 2.49. The molecule has 1 saturated carbocycles. The molecule has 1 fully saturated rings. The Labute approximate surface area is 110 Å². The van der Waals surface area contributed by atoms with Crippen molar-refractivity contribution in [1.29, 1.82) is 5.26 Å². The molecule has 0 heterocycles. The van der Waals surface area contributed by atoms with Crippen molar-refractivity contribution < 1.29 is 9.18 Å². The van der Waals surface area contributed by atoms with E-state index in [0.717, 1.165) is 18.9 Å². The summed E-state index contributed by atoms with van der Waals surface area (Å²) in [5.41, 5.74) is 0.365. The fraction of sp³-hybridized carbons (Fsp3) is 0.385. The maximum Gasteiger partial charge on any atom is 0.225 e. The summed E-state index contributed by atoms with van der Waals surface area (Å²) in [6.45, 7) is 0. The zero-order valence-electron chi connectivity index (χ0n) is 9.74. The summed E-state index contributed by atoms with van der Waals surface area (Å²) in [4.78, 5) is 11.8. The average molecular weight is 264 g/mol. The molecule has 1 aliphatic carbocycles. The maximum atomic E-state index is 13.5. The van der Waals surface area contributed by atoms with Gasteiger partial charge in [-0.05, 0) is 42.2 Å². The molecule has 1 aromatic carbocycles. The van der Waals surface area contributed by atoms with Crippen LogP contribution in [-0.4, -0.2) is 11.7 Å². The van der Waals surface area contributed by atoms with Crippen molar-refractivity contribution in [3.05, 3.63) is 29.6 Å². The topological polar surface area (TPSA) is 52.9 Å². The van der Waals surface area contributed by atoms with E-state index in [4.69, 9.17) is 5.26 Å². The Morgan fingerprint density at radius 1 is 1.56 bits per heavy atom. The molecule has 0 bridgehead atoms. The van der Waals surface area contributed by atoms with Gasteiger partial charge in [0.1, 0.15) is 5.82 Å². The van der Waals surface area contributed by atoms with E-state index in [1.54, 1.807) is 0 Å². The molecule has 18 heavy (non-hydrogen) atoms. The van der Waals surface area contributed by atoms with E-state index in [-0.39, 0.29) is 22.6 Å². The van der Waals surface area contributed by atoms with Crippen molar-refractivity contribution in [3.63, 3.8) is 0 Å². The number of rotatable bonds is 4. The third-order valence-corrected chi connectivity index (χ3v) is 3.87. The smallest absolute Gasteiger partial charge is 0.225 e. The average Bonchev–Trinajstić information content (AvgIpc) is 3.12. The van der Waals surface area contributed by atoms with Gasteiger partial charge in [-0.3, -0.25) is 4.79 Å². The molecular weight excluding hydrogens is 251 g/mol. The molecule has 1 amide bonds. The van der Waals surface area contributed by atoms with Crippen molar-refractivity contribution in [3.8, 4) is 6.07 Å². The van der Waals surface area contributed by atoms with Crippen LogP contribution in [0.4, 0.5) is 10.1 Å². The van der Waals surface area contributed by atoms with Crippen molar-refractivity contribution in [1.82, 2.24) is 0 Å². The Morgan fingerprint density at radius 3 is 2.78 bits per heavy atom. The molecule has 1 aromatic rings.